The Labute approximate surface area is 147 Å². The van der Waals surface area contributed by atoms with E-state index in [0.29, 0.717) is 17.8 Å². The molecule has 2 aromatic carbocycles. The van der Waals surface area contributed by atoms with Gasteiger partial charge in [0, 0.05) is 24.8 Å². The molecule has 0 unspecified atom stereocenters. The van der Waals surface area contributed by atoms with Crippen LogP contribution in [0.5, 0.6) is 0 Å². The molecule has 1 amide bonds. The number of hydrogen-bond acceptors (Lipinski definition) is 2. The van der Waals surface area contributed by atoms with Gasteiger partial charge in [-0.05, 0) is 48.7 Å². The number of amides is 1. The Morgan fingerprint density at radius 1 is 1.04 bits per heavy atom. The number of Topliss-reactive ketones (excluding diaryl/α,β-unsaturated/α-hetero) is 1. The fourth-order valence-electron chi connectivity index (χ4n) is 3.37. The van der Waals surface area contributed by atoms with Gasteiger partial charge in [-0.25, -0.2) is 0 Å². The molecule has 1 heterocycles. The minimum Gasteiger partial charge on any atom is -0.354 e. The monoisotopic (exact) mass is 334 g/mol. The minimum atomic E-state index is -0.110. The van der Waals surface area contributed by atoms with Crippen molar-refractivity contribution in [2.75, 3.05) is 7.05 Å². The Balaban J connectivity index is 1.85. The van der Waals surface area contributed by atoms with Gasteiger partial charge in [0.2, 0.25) is 0 Å². The molecule has 0 aliphatic carbocycles. The van der Waals surface area contributed by atoms with E-state index in [1.807, 2.05) is 32.0 Å². The molecular formula is C21H22N2O2. The summed E-state index contributed by atoms with van der Waals surface area (Å²) >= 11 is 0. The van der Waals surface area contributed by atoms with Crippen molar-refractivity contribution in [3.63, 3.8) is 0 Å². The molecule has 0 aliphatic rings. The summed E-state index contributed by atoms with van der Waals surface area (Å²) in [6, 6.07) is 14.4. The maximum absolute atomic E-state index is 12.8. The zero-order chi connectivity index (χ0) is 18.1. The average Bonchev–Trinajstić information content (AvgIpc) is 2.88. The lowest BCUT2D eigenvalue weighted by molar-refractivity contribution is 0.0779. The minimum absolute atomic E-state index is 0.0255. The van der Waals surface area contributed by atoms with Crippen LogP contribution in [0.3, 0.4) is 0 Å². The van der Waals surface area contributed by atoms with Crippen LogP contribution in [-0.4, -0.2) is 28.6 Å². The number of hydrogen-bond donors (Lipinski definition) is 1. The average molecular weight is 334 g/mol. The molecule has 3 rings (SSSR count). The van der Waals surface area contributed by atoms with Gasteiger partial charge in [-0.15, -0.1) is 0 Å². The second-order valence-electron chi connectivity index (χ2n) is 6.52. The van der Waals surface area contributed by atoms with E-state index in [0.717, 1.165) is 22.2 Å². The van der Waals surface area contributed by atoms with E-state index in [4.69, 9.17) is 0 Å². The van der Waals surface area contributed by atoms with Crippen LogP contribution in [-0.2, 0) is 6.54 Å². The van der Waals surface area contributed by atoms with Gasteiger partial charge in [-0.1, -0.05) is 36.4 Å². The van der Waals surface area contributed by atoms with Crippen LogP contribution in [0.1, 0.15) is 44.6 Å². The molecule has 4 heteroatoms. The molecule has 0 saturated heterocycles. The molecule has 1 N–H and O–H groups in total. The van der Waals surface area contributed by atoms with Gasteiger partial charge in [0.15, 0.2) is 5.78 Å². The number of fused-ring (bicyclic) bond motifs is 1. The van der Waals surface area contributed by atoms with E-state index in [9.17, 15) is 9.59 Å². The molecule has 0 spiro atoms. The van der Waals surface area contributed by atoms with Crippen molar-refractivity contribution >= 4 is 22.5 Å². The standard InChI is InChI=1S/C21H22N2O2/c1-13-19(15(3)24)14(2)22-20(13)21(25)23(4)12-16-9-10-17-7-5-6-8-18(17)11-16/h5-11,22H,12H2,1-4H3. The second-order valence-corrected chi connectivity index (χ2v) is 6.52. The van der Waals surface area contributed by atoms with Crippen molar-refractivity contribution in [2.24, 2.45) is 0 Å². The SMILES string of the molecule is CC(=O)c1c(C)[nH]c(C(=O)N(C)Cc2ccc3ccccc3c2)c1C. The summed E-state index contributed by atoms with van der Waals surface area (Å²) in [5.74, 6) is -0.135. The summed E-state index contributed by atoms with van der Waals surface area (Å²) in [4.78, 5) is 29.3. The lowest BCUT2D eigenvalue weighted by atomic mass is 10.1. The van der Waals surface area contributed by atoms with Gasteiger partial charge in [-0.2, -0.15) is 0 Å². The van der Waals surface area contributed by atoms with Gasteiger partial charge >= 0.3 is 0 Å². The van der Waals surface area contributed by atoms with Crippen molar-refractivity contribution in [2.45, 2.75) is 27.3 Å². The topological polar surface area (TPSA) is 53.2 Å². The van der Waals surface area contributed by atoms with Crippen LogP contribution < -0.4 is 0 Å². The number of aromatic amines is 1. The zero-order valence-electron chi connectivity index (χ0n) is 15.0. The number of carbonyl (C=O) groups excluding carboxylic acids is 2. The highest BCUT2D eigenvalue weighted by molar-refractivity contribution is 6.02. The molecule has 3 aromatic rings. The molecule has 1 aromatic heterocycles. The lowest BCUT2D eigenvalue weighted by Crippen LogP contribution is -2.27. The largest absolute Gasteiger partial charge is 0.354 e. The molecule has 0 fully saturated rings. The van der Waals surface area contributed by atoms with Crippen molar-refractivity contribution in [1.29, 1.82) is 0 Å². The predicted octanol–water partition coefficient (Wildman–Crippen LogP) is 4.26. The van der Waals surface area contributed by atoms with E-state index in [2.05, 4.69) is 29.2 Å². The maximum Gasteiger partial charge on any atom is 0.270 e. The fraction of sp³-hybridized carbons (Fsp3) is 0.238. The maximum atomic E-state index is 12.8. The quantitative estimate of drug-likeness (QED) is 0.725. The molecule has 4 nitrogen and oxygen atoms in total. The van der Waals surface area contributed by atoms with Crippen LogP contribution in [0.15, 0.2) is 42.5 Å². The first kappa shape index (κ1) is 17.0. The van der Waals surface area contributed by atoms with Gasteiger partial charge in [-0.3, -0.25) is 9.59 Å². The number of carbonyl (C=O) groups is 2. The second kappa shape index (κ2) is 6.55. The molecule has 0 radical (unpaired) electrons. The normalized spacial score (nSPS) is 10.9. The number of aryl methyl sites for hydroxylation is 1. The van der Waals surface area contributed by atoms with Gasteiger partial charge in [0.05, 0.1) is 0 Å². The number of benzene rings is 2. The van der Waals surface area contributed by atoms with E-state index in [1.54, 1.807) is 11.9 Å². The molecule has 0 saturated carbocycles. The van der Waals surface area contributed by atoms with E-state index < -0.39 is 0 Å². The van der Waals surface area contributed by atoms with Crippen LogP contribution in [0.2, 0.25) is 0 Å². The van der Waals surface area contributed by atoms with Crippen LogP contribution >= 0.6 is 0 Å². The summed E-state index contributed by atoms with van der Waals surface area (Å²) in [5, 5.41) is 2.34. The summed E-state index contributed by atoms with van der Waals surface area (Å²) < 4.78 is 0. The van der Waals surface area contributed by atoms with Crippen LogP contribution in [0.4, 0.5) is 0 Å². The van der Waals surface area contributed by atoms with Gasteiger partial charge in [0.1, 0.15) is 5.69 Å². The number of nitrogens with zero attached hydrogens (tertiary/aromatic N) is 1. The third-order valence-corrected chi connectivity index (χ3v) is 4.58. The number of H-pyrrole nitrogens is 1. The molecular weight excluding hydrogens is 312 g/mol. The fourth-order valence-corrected chi connectivity index (χ4v) is 3.37. The Kier molecular flexibility index (Phi) is 4.45. The van der Waals surface area contributed by atoms with Crippen LogP contribution in [0.25, 0.3) is 10.8 Å². The Morgan fingerprint density at radius 2 is 1.72 bits per heavy atom. The Bertz CT molecular complexity index is 969. The first-order chi connectivity index (χ1) is 11.9. The van der Waals surface area contributed by atoms with Crippen molar-refractivity contribution in [1.82, 2.24) is 9.88 Å². The smallest absolute Gasteiger partial charge is 0.270 e. The predicted molar refractivity (Wildman–Crippen MR) is 100 cm³/mol. The van der Waals surface area contributed by atoms with Crippen molar-refractivity contribution < 1.29 is 9.59 Å². The first-order valence-corrected chi connectivity index (χ1v) is 8.31. The number of ketones is 1. The third-order valence-electron chi connectivity index (χ3n) is 4.58. The van der Waals surface area contributed by atoms with E-state index in [-0.39, 0.29) is 11.7 Å². The van der Waals surface area contributed by atoms with E-state index >= 15 is 0 Å². The molecule has 0 bridgehead atoms. The molecule has 128 valence electrons. The summed E-state index contributed by atoms with van der Waals surface area (Å²) in [6.45, 7) is 5.67. The van der Waals surface area contributed by atoms with Gasteiger partial charge in [0.25, 0.3) is 5.91 Å². The van der Waals surface area contributed by atoms with Crippen molar-refractivity contribution in [3.8, 4) is 0 Å². The highest BCUT2D eigenvalue weighted by Crippen LogP contribution is 2.21. The number of rotatable bonds is 4. The lowest BCUT2D eigenvalue weighted by Gasteiger charge is -2.17. The molecule has 0 atom stereocenters. The molecule has 25 heavy (non-hydrogen) atoms. The summed E-state index contributed by atoms with van der Waals surface area (Å²) in [7, 11) is 1.78. The Morgan fingerprint density at radius 3 is 2.36 bits per heavy atom. The summed E-state index contributed by atoms with van der Waals surface area (Å²) in [6.07, 6.45) is 0. The number of aromatic nitrogens is 1. The molecule has 0 aliphatic heterocycles. The highest BCUT2D eigenvalue weighted by Gasteiger charge is 2.22. The highest BCUT2D eigenvalue weighted by atomic mass is 16.2. The summed E-state index contributed by atoms with van der Waals surface area (Å²) in [5.41, 5.74) is 3.64. The van der Waals surface area contributed by atoms with Crippen molar-refractivity contribution in [3.05, 3.63) is 70.5 Å². The van der Waals surface area contributed by atoms with E-state index in [1.165, 1.54) is 12.3 Å². The first-order valence-electron chi connectivity index (χ1n) is 8.31. The third kappa shape index (κ3) is 3.20. The zero-order valence-corrected chi connectivity index (χ0v) is 15.0. The van der Waals surface area contributed by atoms with Crippen LogP contribution in [0, 0.1) is 13.8 Å². The van der Waals surface area contributed by atoms with Gasteiger partial charge < -0.3 is 9.88 Å². The Hall–Kier alpha value is -2.88. The number of nitrogens with one attached hydrogen (secondary N) is 1.